The van der Waals surface area contributed by atoms with Gasteiger partial charge < -0.3 is 21.1 Å². The summed E-state index contributed by atoms with van der Waals surface area (Å²) in [6, 6.07) is 1.66. The van der Waals surface area contributed by atoms with Gasteiger partial charge in [-0.15, -0.1) is 11.3 Å². The van der Waals surface area contributed by atoms with Crippen LogP contribution in [0.2, 0.25) is 5.02 Å². The minimum atomic E-state index is -1.38. The molecule has 0 radical (unpaired) electrons. The summed E-state index contributed by atoms with van der Waals surface area (Å²) in [5.41, 5.74) is 12.5. The van der Waals surface area contributed by atoms with Crippen molar-refractivity contribution in [3.05, 3.63) is 49.3 Å². The molecule has 9 heteroatoms. The predicted octanol–water partition coefficient (Wildman–Crippen LogP) is 5.11. The molecule has 1 saturated carbocycles. The Labute approximate surface area is 192 Å². The number of fused-ring (bicyclic) bond motifs is 2. The number of aromatic nitrogens is 1. The zero-order valence-corrected chi connectivity index (χ0v) is 19.2. The van der Waals surface area contributed by atoms with Gasteiger partial charge in [-0.1, -0.05) is 25.4 Å². The average molecular weight is 476 g/mol. The Hall–Kier alpha value is -2.42. The van der Waals surface area contributed by atoms with Gasteiger partial charge in [0.25, 0.3) is 0 Å². The average Bonchev–Trinajstić information content (AvgIpc) is 3.48. The molecule has 168 valence electrons. The van der Waals surface area contributed by atoms with E-state index >= 15 is 4.39 Å². The van der Waals surface area contributed by atoms with E-state index in [9.17, 15) is 14.7 Å². The summed E-state index contributed by atoms with van der Waals surface area (Å²) >= 11 is 7.93. The fourth-order valence-electron chi connectivity index (χ4n) is 4.57. The molecule has 1 unspecified atom stereocenters. The van der Waals surface area contributed by atoms with Crippen molar-refractivity contribution in [1.82, 2.24) is 4.57 Å². The van der Waals surface area contributed by atoms with Crippen molar-refractivity contribution < 1.29 is 14.3 Å². The van der Waals surface area contributed by atoms with Gasteiger partial charge in [-0.2, -0.15) is 0 Å². The van der Waals surface area contributed by atoms with Crippen LogP contribution in [-0.2, 0) is 6.42 Å². The normalized spacial score (nSPS) is 19.8. The quantitative estimate of drug-likeness (QED) is 0.456. The molecular formula is C23H23ClFN3O3S. The molecule has 2 heterocycles. The molecule has 5 rings (SSSR count). The number of nitrogens with two attached hydrogens (primary N) is 2. The number of carbonyl (C=O) groups is 1. The van der Waals surface area contributed by atoms with E-state index in [-0.39, 0.29) is 44.7 Å². The van der Waals surface area contributed by atoms with E-state index < -0.39 is 22.8 Å². The van der Waals surface area contributed by atoms with Gasteiger partial charge >= 0.3 is 5.97 Å². The van der Waals surface area contributed by atoms with Crippen LogP contribution in [-0.4, -0.2) is 15.6 Å². The number of halogens is 2. The number of hydrogen-bond donors (Lipinski definition) is 3. The lowest BCUT2D eigenvalue weighted by atomic mass is 9.74. The molecule has 2 aliphatic rings. The Kier molecular flexibility index (Phi) is 4.71. The first-order valence-electron chi connectivity index (χ1n) is 10.5. The standard InChI is InChI=1S/C23H23ClFN3O3S/c1-23(2)6-5-9-7-12(32-20(9)21(23)27)13-15(24)17(26)14-18(16(13)25)28(10-3-4-10)8-11(19(14)29)22(30)31/h7-8,10,21H,3-6,26-27H2,1-2H3,(H,30,31). The predicted molar refractivity (Wildman–Crippen MR) is 125 cm³/mol. The zero-order chi connectivity index (χ0) is 23.1. The van der Waals surface area contributed by atoms with Crippen LogP contribution >= 0.6 is 22.9 Å². The van der Waals surface area contributed by atoms with Crippen molar-refractivity contribution in [2.24, 2.45) is 11.1 Å². The second kappa shape index (κ2) is 7.04. The molecular weight excluding hydrogens is 453 g/mol. The van der Waals surface area contributed by atoms with E-state index in [1.165, 1.54) is 22.1 Å². The number of hydrogen-bond acceptors (Lipinski definition) is 5. The van der Waals surface area contributed by atoms with Crippen LogP contribution in [0.25, 0.3) is 21.3 Å². The van der Waals surface area contributed by atoms with Crippen molar-refractivity contribution >= 4 is 45.5 Å². The van der Waals surface area contributed by atoms with Gasteiger partial charge in [0.15, 0.2) is 5.82 Å². The smallest absolute Gasteiger partial charge is 0.341 e. The lowest BCUT2D eigenvalue weighted by Crippen LogP contribution is -2.32. The maximum Gasteiger partial charge on any atom is 0.341 e. The Morgan fingerprint density at radius 3 is 2.69 bits per heavy atom. The van der Waals surface area contributed by atoms with Crippen LogP contribution in [0.15, 0.2) is 17.1 Å². The van der Waals surface area contributed by atoms with E-state index in [0.29, 0.717) is 4.88 Å². The van der Waals surface area contributed by atoms with Crippen LogP contribution in [0.4, 0.5) is 10.1 Å². The highest BCUT2D eigenvalue weighted by molar-refractivity contribution is 7.15. The van der Waals surface area contributed by atoms with Crippen molar-refractivity contribution in [3.63, 3.8) is 0 Å². The molecule has 0 aliphatic heterocycles. The number of anilines is 1. The van der Waals surface area contributed by atoms with Gasteiger partial charge in [0, 0.05) is 28.0 Å². The summed E-state index contributed by atoms with van der Waals surface area (Å²) in [5.74, 6) is -2.04. The minimum absolute atomic E-state index is 0.00963. The summed E-state index contributed by atoms with van der Waals surface area (Å²) in [6.45, 7) is 4.24. The summed E-state index contributed by atoms with van der Waals surface area (Å²) in [4.78, 5) is 26.1. The largest absolute Gasteiger partial charge is 0.477 e. The lowest BCUT2D eigenvalue weighted by molar-refractivity contribution is 0.0695. The SMILES string of the molecule is CC1(C)CCc2cc(-c3c(Cl)c(N)c4c(=O)c(C(=O)O)cn(C5CC5)c4c3F)sc2C1N. The fourth-order valence-corrected chi connectivity index (χ4v) is 6.37. The number of thiophene rings is 1. The molecule has 32 heavy (non-hydrogen) atoms. The summed E-state index contributed by atoms with van der Waals surface area (Å²) < 4.78 is 17.6. The van der Waals surface area contributed by atoms with Crippen LogP contribution in [0.1, 0.15) is 66.0 Å². The highest BCUT2D eigenvalue weighted by Gasteiger charge is 2.36. The third-order valence-electron chi connectivity index (χ3n) is 6.81. The summed E-state index contributed by atoms with van der Waals surface area (Å²) in [5, 5.41) is 9.22. The molecule has 0 amide bonds. The van der Waals surface area contributed by atoms with E-state index in [1.807, 2.05) is 6.07 Å². The van der Waals surface area contributed by atoms with Gasteiger partial charge in [0.05, 0.1) is 27.2 Å². The summed E-state index contributed by atoms with van der Waals surface area (Å²) in [7, 11) is 0. The molecule has 0 saturated heterocycles. The molecule has 2 aliphatic carbocycles. The van der Waals surface area contributed by atoms with Gasteiger partial charge in [0.2, 0.25) is 5.43 Å². The monoisotopic (exact) mass is 475 g/mol. The topological polar surface area (TPSA) is 111 Å². The highest BCUT2D eigenvalue weighted by atomic mass is 35.5. The second-order valence-corrected chi connectivity index (χ2v) is 10.9. The van der Waals surface area contributed by atoms with Crippen molar-refractivity contribution in [1.29, 1.82) is 0 Å². The Balaban J connectivity index is 1.82. The van der Waals surface area contributed by atoms with Crippen molar-refractivity contribution in [2.75, 3.05) is 5.73 Å². The second-order valence-electron chi connectivity index (χ2n) is 9.42. The van der Waals surface area contributed by atoms with E-state index in [2.05, 4.69) is 13.8 Å². The number of nitrogen functional groups attached to an aromatic ring is 1. The lowest BCUT2D eigenvalue weighted by Gasteiger charge is -2.35. The number of nitrogens with zero attached hydrogens (tertiary/aromatic N) is 1. The van der Waals surface area contributed by atoms with Crippen LogP contribution in [0.5, 0.6) is 0 Å². The highest BCUT2D eigenvalue weighted by Crippen LogP contribution is 2.50. The minimum Gasteiger partial charge on any atom is -0.477 e. The fraction of sp³-hybridized carbons (Fsp3) is 0.391. The van der Waals surface area contributed by atoms with Crippen molar-refractivity contribution in [3.8, 4) is 10.4 Å². The number of aryl methyl sites for hydroxylation is 1. The molecule has 0 spiro atoms. The van der Waals surface area contributed by atoms with Crippen molar-refractivity contribution in [2.45, 2.75) is 51.6 Å². The van der Waals surface area contributed by atoms with Crippen LogP contribution < -0.4 is 16.9 Å². The molecule has 1 aromatic carbocycles. The number of aromatic carboxylic acids is 1. The number of benzene rings is 1. The maximum absolute atomic E-state index is 16.1. The third-order valence-corrected chi connectivity index (χ3v) is 8.48. The number of pyridine rings is 1. The van der Waals surface area contributed by atoms with Crippen LogP contribution in [0.3, 0.4) is 0 Å². The van der Waals surface area contributed by atoms with Gasteiger partial charge in [-0.3, -0.25) is 4.79 Å². The summed E-state index contributed by atoms with van der Waals surface area (Å²) in [6.07, 6.45) is 4.52. The Morgan fingerprint density at radius 2 is 2.06 bits per heavy atom. The first kappa shape index (κ1) is 21.4. The number of carboxylic acid groups (broad SMARTS) is 1. The van der Waals surface area contributed by atoms with E-state index in [0.717, 1.165) is 36.1 Å². The maximum atomic E-state index is 16.1. The number of carboxylic acids is 1. The van der Waals surface area contributed by atoms with Gasteiger partial charge in [-0.25, -0.2) is 9.18 Å². The molecule has 6 nitrogen and oxygen atoms in total. The Morgan fingerprint density at radius 1 is 1.38 bits per heavy atom. The van der Waals surface area contributed by atoms with E-state index in [1.54, 1.807) is 0 Å². The molecule has 2 aromatic heterocycles. The zero-order valence-electron chi connectivity index (χ0n) is 17.7. The third kappa shape index (κ3) is 3.00. The molecule has 1 fully saturated rings. The molecule has 5 N–H and O–H groups in total. The molecule has 3 aromatic rings. The van der Waals surface area contributed by atoms with Gasteiger partial charge in [0.1, 0.15) is 5.56 Å². The first-order chi connectivity index (χ1) is 15.0. The van der Waals surface area contributed by atoms with E-state index in [4.69, 9.17) is 23.1 Å². The molecule has 1 atom stereocenters. The first-order valence-corrected chi connectivity index (χ1v) is 11.7. The van der Waals surface area contributed by atoms with Gasteiger partial charge in [-0.05, 0) is 42.7 Å². The van der Waals surface area contributed by atoms with Crippen LogP contribution in [0, 0.1) is 11.2 Å². The molecule has 0 bridgehead atoms. The Bertz CT molecular complexity index is 1370. The number of rotatable bonds is 3.